The molecule has 1 amide bonds. The van der Waals surface area contributed by atoms with E-state index in [1.807, 2.05) is 18.2 Å². The van der Waals surface area contributed by atoms with E-state index in [-0.39, 0.29) is 12.5 Å². The molecule has 44 heavy (non-hydrogen) atoms. The third kappa shape index (κ3) is 5.86. The van der Waals surface area contributed by atoms with Crippen molar-refractivity contribution in [3.05, 3.63) is 77.0 Å². The zero-order chi connectivity index (χ0) is 31.0. The molecule has 10 heteroatoms. The Labute approximate surface area is 255 Å². The number of halogens is 3. The van der Waals surface area contributed by atoms with Crippen molar-refractivity contribution in [1.29, 1.82) is 0 Å². The number of ether oxygens (including phenoxy) is 2. The summed E-state index contributed by atoms with van der Waals surface area (Å²) >= 11 is 0. The van der Waals surface area contributed by atoms with Crippen LogP contribution in [0.1, 0.15) is 73.4 Å². The van der Waals surface area contributed by atoms with E-state index in [2.05, 4.69) is 17.0 Å². The van der Waals surface area contributed by atoms with Gasteiger partial charge in [0.15, 0.2) is 0 Å². The van der Waals surface area contributed by atoms with Gasteiger partial charge in [0, 0.05) is 30.1 Å². The maximum Gasteiger partial charge on any atom is 0.416 e. The number of carbonyl (C=O) groups is 2. The first-order valence-electron chi connectivity index (χ1n) is 15.2. The molecule has 2 aliphatic heterocycles. The SMILES string of the molecule is COc1ccc([C@H]2CC[C@H](C=O)CC2)cc1-c1ccc(N2CCC2)nc1CN1C(=O)O[C@H](c2cccc(C(F)(F)F)c2)[C@@H]1C. The smallest absolute Gasteiger partial charge is 0.416 e. The molecule has 3 aromatic rings. The van der Waals surface area contributed by atoms with Gasteiger partial charge in [-0.05, 0) is 92.5 Å². The van der Waals surface area contributed by atoms with Gasteiger partial charge in [0.2, 0.25) is 0 Å². The number of methoxy groups -OCH3 is 1. The Morgan fingerprint density at radius 3 is 2.43 bits per heavy atom. The quantitative estimate of drug-likeness (QED) is 0.247. The second-order valence-electron chi connectivity index (χ2n) is 12.0. The normalized spacial score (nSPS) is 23.7. The van der Waals surface area contributed by atoms with E-state index in [0.717, 1.165) is 80.6 Å². The third-order valence-electron chi connectivity index (χ3n) is 9.34. The minimum atomic E-state index is -4.50. The zero-order valence-electron chi connectivity index (χ0n) is 24.8. The van der Waals surface area contributed by atoms with Gasteiger partial charge < -0.3 is 19.2 Å². The monoisotopic (exact) mass is 607 g/mol. The predicted octanol–water partition coefficient (Wildman–Crippen LogP) is 7.54. The average Bonchev–Trinajstić information content (AvgIpc) is 3.28. The fourth-order valence-electron chi connectivity index (χ4n) is 6.57. The molecule has 3 heterocycles. The first kappa shape index (κ1) is 30.0. The highest BCUT2D eigenvalue weighted by Crippen LogP contribution is 2.42. The molecular weight excluding hydrogens is 571 g/mol. The largest absolute Gasteiger partial charge is 0.496 e. The number of benzene rings is 2. The van der Waals surface area contributed by atoms with Crippen LogP contribution in [-0.2, 0) is 22.3 Å². The van der Waals surface area contributed by atoms with Crippen molar-refractivity contribution in [1.82, 2.24) is 9.88 Å². The third-order valence-corrected chi connectivity index (χ3v) is 9.34. The molecular formula is C34H36F3N3O4. The van der Waals surface area contributed by atoms with E-state index >= 15 is 0 Å². The number of aldehydes is 1. The Hall–Kier alpha value is -4.08. The number of anilines is 1. The van der Waals surface area contributed by atoms with Gasteiger partial charge >= 0.3 is 12.3 Å². The average molecular weight is 608 g/mol. The molecule has 1 aromatic heterocycles. The molecule has 7 nitrogen and oxygen atoms in total. The van der Waals surface area contributed by atoms with E-state index in [4.69, 9.17) is 14.5 Å². The number of aromatic nitrogens is 1. The first-order chi connectivity index (χ1) is 21.2. The van der Waals surface area contributed by atoms with Crippen molar-refractivity contribution in [2.75, 3.05) is 25.1 Å². The molecule has 1 saturated carbocycles. The molecule has 2 aromatic carbocycles. The lowest BCUT2D eigenvalue weighted by Gasteiger charge is -2.33. The first-order valence-corrected chi connectivity index (χ1v) is 15.2. The van der Waals surface area contributed by atoms with E-state index in [0.29, 0.717) is 22.9 Å². The number of carbonyl (C=O) groups excluding carboxylic acids is 2. The Bertz CT molecular complexity index is 1530. The van der Waals surface area contributed by atoms with Crippen LogP contribution in [0.4, 0.5) is 23.8 Å². The number of amides is 1. The summed E-state index contributed by atoms with van der Waals surface area (Å²) in [5.41, 5.74) is 3.01. The molecule has 232 valence electrons. The van der Waals surface area contributed by atoms with Crippen LogP contribution >= 0.6 is 0 Å². The molecule has 1 aliphatic carbocycles. The molecule has 0 spiro atoms. The number of rotatable bonds is 8. The van der Waals surface area contributed by atoms with Crippen molar-refractivity contribution < 1.29 is 32.2 Å². The number of cyclic esters (lactones) is 1. The second kappa shape index (κ2) is 12.1. The van der Waals surface area contributed by atoms with Crippen LogP contribution in [0.15, 0.2) is 54.6 Å². The van der Waals surface area contributed by atoms with E-state index in [9.17, 15) is 22.8 Å². The Morgan fingerprint density at radius 1 is 1.00 bits per heavy atom. The van der Waals surface area contributed by atoms with Gasteiger partial charge in [0.05, 0.1) is 31.0 Å². The van der Waals surface area contributed by atoms with Crippen molar-refractivity contribution >= 4 is 18.2 Å². The minimum Gasteiger partial charge on any atom is -0.496 e. The van der Waals surface area contributed by atoms with Crippen molar-refractivity contribution in [2.45, 2.75) is 69.8 Å². The lowest BCUT2D eigenvalue weighted by Crippen LogP contribution is -2.38. The molecule has 0 bridgehead atoms. The van der Waals surface area contributed by atoms with Crippen LogP contribution in [-0.4, -0.2) is 48.5 Å². The van der Waals surface area contributed by atoms with Crippen LogP contribution in [0.5, 0.6) is 5.75 Å². The van der Waals surface area contributed by atoms with Gasteiger partial charge in [0.1, 0.15) is 24.0 Å². The number of nitrogens with zero attached hydrogens (tertiary/aromatic N) is 3. The highest BCUT2D eigenvalue weighted by Gasteiger charge is 2.41. The van der Waals surface area contributed by atoms with Gasteiger partial charge in [-0.25, -0.2) is 9.78 Å². The highest BCUT2D eigenvalue weighted by atomic mass is 19.4. The molecule has 2 saturated heterocycles. The summed E-state index contributed by atoms with van der Waals surface area (Å²) in [7, 11) is 1.62. The van der Waals surface area contributed by atoms with E-state index in [1.165, 1.54) is 16.5 Å². The van der Waals surface area contributed by atoms with Crippen LogP contribution in [0, 0.1) is 5.92 Å². The summed E-state index contributed by atoms with van der Waals surface area (Å²) in [5, 5.41) is 0. The standard InChI is InChI=1S/C34H36F3N3O4/c1-21-32(25-5-3-6-26(17-25)34(35,36)37)44-33(42)40(21)19-29-27(12-14-31(38-29)39-15-4-16-39)28-18-24(11-13-30(28)43-2)23-9-7-22(20-41)8-10-23/h3,5-6,11-14,17-18,20-23,32H,4,7-10,15-16,19H2,1-2H3/t21-,22-,23-,32-/m0/s1. The van der Waals surface area contributed by atoms with Gasteiger partial charge in [-0.1, -0.05) is 18.2 Å². The Kier molecular flexibility index (Phi) is 8.26. The summed E-state index contributed by atoms with van der Waals surface area (Å²) in [4.78, 5) is 33.2. The lowest BCUT2D eigenvalue weighted by molar-refractivity contribution is -0.137. The number of alkyl halides is 3. The summed E-state index contributed by atoms with van der Waals surface area (Å²) in [6.07, 6.45) is -0.210. The summed E-state index contributed by atoms with van der Waals surface area (Å²) < 4.78 is 51.7. The van der Waals surface area contributed by atoms with Gasteiger partial charge in [-0.3, -0.25) is 4.90 Å². The number of hydrogen-bond donors (Lipinski definition) is 0. The van der Waals surface area contributed by atoms with Crippen molar-refractivity contribution in [2.24, 2.45) is 5.92 Å². The summed E-state index contributed by atoms with van der Waals surface area (Å²) in [6, 6.07) is 14.6. The van der Waals surface area contributed by atoms with Gasteiger partial charge in [-0.15, -0.1) is 0 Å². The van der Waals surface area contributed by atoms with E-state index < -0.39 is 30.0 Å². The Balaban J connectivity index is 1.34. The van der Waals surface area contributed by atoms with Crippen LogP contribution in [0.25, 0.3) is 11.1 Å². The van der Waals surface area contributed by atoms with Crippen LogP contribution < -0.4 is 9.64 Å². The Morgan fingerprint density at radius 2 is 1.77 bits per heavy atom. The highest BCUT2D eigenvalue weighted by molar-refractivity contribution is 5.76. The predicted molar refractivity (Wildman–Crippen MR) is 159 cm³/mol. The van der Waals surface area contributed by atoms with Crippen LogP contribution in [0.3, 0.4) is 0 Å². The molecule has 3 aliphatic rings. The molecule has 0 radical (unpaired) electrons. The molecule has 0 N–H and O–H groups in total. The number of pyridine rings is 1. The second-order valence-corrected chi connectivity index (χ2v) is 12.0. The molecule has 0 unspecified atom stereocenters. The van der Waals surface area contributed by atoms with E-state index in [1.54, 1.807) is 20.1 Å². The maximum atomic E-state index is 13.4. The lowest BCUT2D eigenvalue weighted by atomic mass is 9.78. The van der Waals surface area contributed by atoms with Crippen molar-refractivity contribution in [3.8, 4) is 16.9 Å². The fourth-order valence-corrected chi connectivity index (χ4v) is 6.57. The summed E-state index contributed by atoms with van der Waals surface area (Å²) in [5.74, 6) is 1.94. The van der Waals surface area contributed by atoms with Crippen LogP contribution in [0.2, 0.25) is 0 Å². The zero-order valence-corrected chi connectivity index (χ0v) is 24.8. The molecule has 6 rings (SSSR count). The van der Waals surface area contributed by atoms with Crippen molar-refractivity contribution in [3.63, 3.8) is 0 Å². The number of hydrogen-bond acceptors (Lipinski definition) is 6. The molecule has 3 fully saturated rings. The van der Waals surface area contributed by atoms with Gasteiger partial charge in [-0.2, -0.15) is 13.2 Å². The fraction of sp³-hybridized carbons (Fsp3) is 0.441. The maximum absolute atomic E-state index is 13.4. The molecule has 2 atom stereocenters. The topological polar surface area (TPSA) is 72.0 Å². The van der Waals surface area contributed by atoms with Gasteiger partial charge in [0.25, 0.3) is 0 Å². The minimum absolute atomic E-state index is 0.115. The summed E-state index contributed by atoms with van der Waals surface area (Å²) in [6.45, 7) is 3.69.